The van der Waals surface area contributed by atoms with Gasteiger partial charge in [-0.15, -0.1) is 0 Å². The molecule has 0 aromatic heterocycles. The Balaban J connectivity index is 2.21. The summed E-state index contributed by atoms with van der Waals surface area (Å²) in [5, 5.41) is 3.45. The summed E-state index contributed by atoms with van der Waals surface area (Å²) >= 11 is 3.52. The van der Waals surface area contributed by atoms with Crippen molar-refractivity contribution in [3.05, 3.63) is 58.1 Å². The zero-order valence-corrected chi connectivity index (χ0v) is 13.3. The van der Waals surface area contributed by atoms with Crippen LogP contribution in [0.5, 0.6) is 5.75 Å². The van der Waals surface area contributed by atoms with Crippen LogP contribution < -0.4 is 15.8 Å². The van der Waals surface area contributed by atoms with E-state index in [4.69, 9.17) is 10.5 Å². The van der Waals surface area contributed by atoms with Gasteiger partial charge < -0.3 is 15.8 Å². The van der Waals surface area contributed by atoms with Crippen LogP contribution >= 0.6 is 15.9 Å². The molecule has 0 heterocycles. The molecule has 0 aliphatic carbocycles. The van der Waals surface area contributed by atoms with E-state index in [9.17, 15) is 0 Å². The summed E-state index contributed by atoms with van der Waals surface area (Å²) < 4.78 is 6.34. The number of anilines is 1. The number of nitrogens with two attached hydrogens (primary N) is 1. The van der Waals surface area contributed by atoms with Crippen molar-refractivity contribution < 1.29 is 4.74 Å². The van der Waals surface area contributed by atoms with Crippen molar-refractivity contribution in [2.75, 3.05) is 19.0 Å². The van der Waals surface area contributed by atoms with Gasteiger partial charge in [0.05, 0.1) is 13.2 Å². The molecule has 0 aliphatic heterocycles. The lowest BCUT2D eigenvalue weighted by molar-refractivity contribution is 0.415. The fourth-order valence-electron chi connectivity index (χ4n) is 2.08. The zero-order chi connectivity index (χ0) is 14.5. The minimum Gasteiger partial charge on any atom is -0.497 e. The van der Waals surface area contributed by atoms with Crippen molar-refractivity contribution >= 4 is 21.6 Å². The number of methoxy groups -OCH3 is 1. The Bertz CT molecular complexity index is 586. The normalized spacial score (nSPS) is 12.0. The standard InChI is InChI=1S/C16H19BrN2O/c1-11-8-12(6-7-15(11)17)16(10-18)19-13-4-3-5-14(9-13)20-2/h3-9,16,19H,10,18H2,1-2H3. The van der Waals surface area contributed by atoms with Crippen molar-refractivity contribution in [3.63, 3.8) is 0 Å². The molecule has 0 amide bonds. The van der Waals surface area contributed by atoms with E-state index in [0.29, 0.717) is 6.54 Å². The summed E-state index contributed by atoms with van der Waals surface area (Å²) in [7, 11) is 1.66. The van der Waals surface area contributed by atoms with Gasteiger partial charge in [-0.2, -0.15) is 0 Å². The zero-order valence-electron chi connectivity index (χ0n) is 11.7. The van der Waals surface area contributed by atoms with Crippen LogP contribution in [0.15, 0.2) is 46.9 Å². The molecule has 3 nitrogen and oxygen atoms in total. The Morgan fingerprint density at radius 2 is 2.05 bits per heavy atom. The van der Waals surface area contributed by atoms with Crippen LogP contribution in [-0.4, -0.2) is 13.7 Å². The first-order chi connectivity index (χ1) is 9.63. The Morgan fingerprint density at radius 1 is 1.25 bits per heavy atom. The molecule has 1 unspecified atom stereocenters. The number of nitrogens with one attached hydrogen (secondary N) is 1. The van der Waals surface area contributed by atoms with Crippen LogP contribution in [0.1, 0.15) is 17.2 Å². The molecule has 0 spiro atoms. The second-order valence-corrected chi connectivity index (χ2v) is 5.53. The molecule has 2 aromatic carbocycles. The molecule has 106 valence electrons. The van der Waals surface area contributed by atoms with E-state index in [1.165, 1.54) is 11.1 Å². The fraction of sp³-hybridized carbons (Fsp3) is 0.250. The van der Waals surface area contributed by atoms with Crippen LogP contribution in [0.3, 0.4) is 0 Å². The van der Waals surface area contributed by atoms with Crippen LogP contribution in [0, 0.1) is 6.92 Å². The van der Waals surface area contributed by atoms with E-state index < -0.39 is 0 Å². The van der Waals surface area contributed by atoms with Crippen molar-refractivity contribution in [3.8, 4) is 5.75 Å². The van der Waals surface area contributed by atoms with Gasteiger partial charge in [0.2, 0.25) is 0 Å². The molecular formula is C16H19BrN2O. The van der Waals surface area contributed by atoms with E-state index in [2.05, 4.69) is 46.4 Å². The highest BCUT2D eigenvalue weighted by atomic mass is 79.9. The maximum atomic E-state index is 5.91. The van der Waals surface area contributed by atoms with Gasteiger partial charge in [-0.1, -0.05) is 34.1 Å². The van der Waals surface area contributed by atoms with E-state index in [-0.39, 0.29) is 6.04 Å². The number of halogens is 1. The third kappa shape index (κ3) is 3.52. The van der Waals surface area contributed by atoms with Crippen molar-refractivity contribution in [2.24, 2.45) is 5.73 Å². The van der Waals surface area contributed by atoms with E-state index in [1.807, 2.05) is 24.3 Å². The van der Waals surface area contributed by atoms with Crippen LogP contribution in [-0.2, 0) is 0 Å². The van der Waals surface area contributed by atoms with Crippen molar-refractivity contribution in [1.82, 2.24) is 0 Å². The predicted molar refractivity (Wildman–Crippen MR) is 87.3 cm³/mol. The van der Waals surface area contributed by atoms with Gasteiger partial charge in [0.25, 0.3) is 0 Å². The number of benzene rings is 2. The molecule has 4 heteroatoms. The molecule has 2 rings (SSSR count). The fourth-order valence-corrected chi connectivity index (χ4v) is 2.32. The smallest absolute Gasteiger partial charge is 0.120 e. The van der Waals surface area contributed by atoms with Crippen molar-refractivity contribution in [1.29, 1.82) is 0 Å². The molecule has 0 bridgehead atoms. The molecule has 3 N–H and O–H groups in total. The van der Waals surface area contributed by atoms with Gasteiger partial charge in [0.1, 0.15) is 5.75 Å². The van der Waals surface area contributed by atoms with Gasteiger partial charge in [-0.05, 0) is 36.2 Å². The number of ether oxygens (including phenoxy) is 1. The number of aryl methyl sites for hydroxylation is 1. The Hall–Kier alpha value is -1.52. The van der Waals surface area contributed by atoms with Crippen LogP contribution in [0.4, 0.5) is 5.69 Å². The maximum absolute atomic E-state index is 5.91. The summed E-state index contributed by atoms with van der Waals surface area (Å²) in [6, 6.07) is 14.2. The lowest BCUT2D eigenvalue weighted by atomic mass is 10.0. The number of hydrogen-bond acceptors (Lipinski definition) is 3. The predicted octanol–water partition coefficient (Wildman–Crippen LogP) is 3.88. The average Bonchev–Trinajstić information content (AvgIpc) is 2.48. The summed E-state index contributed by atoms with van der Waals surface area (Å²) in [6.45, 7) is 2.60. The van der Waals surface area contributed by atoms with Gasteiger partial charge in [-0.25, -0.2) is 0 Å². The lowest BCUT2D eigenvalue weighted by Crippen LogP contribution is -2.20. The van der Waals surface area contributed by atoms with E-state index in [0.717, 1.165) is 15.9 Å². The molecule has 20 heavy (non-hydrogen) atoms. The quantitative estimate of drug-likeness (QED) is 0.872. The minimum absolute atomic E-state index is 0.0777. The lowest BCUT2D eigenvalue weighted by Gasteiger charge is -2.20. The first kappa shape index (κ1) is 14.9. The summed E-state index contributed by atoms with van der Waals surface area (Å²) in [5.41, 5.74) is 9.29. The average molecular weight is 335 g/mol. The van der Waals surface area contributed by atoms with E-state index >= 15 is 0 Å². The Kier molecular flexibility index (Phi) is 5.04. The third-order valence-corrected chi connectivity index (χ3v) is 4.12. The first-order valence-electron chi connectivity index (χ1n) is 6.50. The number of rotatable bonds is 5. The minimum atomic E-state index is 0.0777. The molecule has 0 fully saturated rings. The maximum Gasteiger partial charge on any atom is 0.120 e. The van der Waals surface area contributed by atoms with Crippen LogP contribution in [0.2, 0.25) is 0 Å². The van der Waals surface area contributed by atoms with Gasteiger partial charge in [0, 0.05) is 22.8 Å². The van der Waals surface area contributed by atoms with Gasteiger partial charge >= 0.3 is 0 Å². The second kappa shape index (κ2) is 6.77. The third-order valence-electron chi connectivity index (χ3n) is 3.23. The first-order valence-corrected chi connectivity index (χ1v) is 7.30. The Morgan fingerprint density at radius 3 is 2.70 bits per heavy atom. The molecule has 0 aliphatic rings. The van der Waals surface area contributed by atoms with E-state index in [1.54, 1.807) is 7.11 Å². The summed E-state index contributed by atoms with van der Waals surface area (Å²) in [4.78, 5) is 0. The topological polar surface area (TPSA) is 47.3 Å². The highest BCUT2D eigenvalue weighted by Crippen LogP contribution is 2.25. The van der Waals surface area contributed by atoms with Crippen molar-refractivity contribution in [2.45, 2.75) is 13.0 Å². The molecule has 0 saturated carbocycles. The monoisotopic (exact) mass is 334 g/mol. The van der Waals surface area contributed by atoms with Gasteiger partial charge in [0.15, 0.2) is 0 Å². The SMILES string of the molecule is COc1cccc(NC(CN)c2ccc(Br)c(C)c2)c1. The highest BCUT2D eigenvalue weighted by molar-refractivity contribution is 9.10. The Labute approximate surface area is 128 Å². The number of hydrogen-bond donors (Lipinski definition) is 2. The molecule has 0 saturated heterocycles. The summed E-state index contributed by atoms with van der Waals surface area (Å²) in [5.74, 6) is 0.831. The second-order valence-electron chi connectivity index (χ2n) is 4.67. The van der Waals surface area contributed by atoms with Gasteiger partial charge in [-0.3, -0.25) is 0 Å². The van der Waals surface area contributed by atoms with Crippen LogP contribution in [0.25, 0.3) is 0 Å². The molecule has 2 aromatic rings. The molecule has 1 atom stereocenters. The molecule has 0 radical (unpaired) electrons. The summed E-state index contributed by atoms with van der Waals surface area (Å²) in [6.07, 6.45) is 0. The largest absolute Gasteiger partial charge is 0.497 e. The highest BCUT2D eigenvalue weighted by Gasteiger charge is 2.10. The molecular weight excluding hydrogens is 316 g/mol.